The van der Waals surface area contributed by atoms with E-state index in [9.17, 15) is 8.78 Å². The van der Waals surface area contributed by atoms with Crippen molar-refractivity contribution in [2.75, 3.05) is 6.61 Å². The quantitative estimate of drug-likeness (QED) is 0.197. The average molecular weight is 407 g/mol. The normalized spacial score (nSPS) is 12.4. The number of aryl methyl sites for hydroxylation is 1. The van der Waals surface area contributed by atoms with Crippen molar-refractivity contribution in [3.8, 4) is 5.75 Å². The fourth-order valence-electron chi connectivity index (χ4n) is 3.36. The molecular formula is C27H28F2O. The number of benzene rings is 3. The highest BCUT2D eigenvalue weighted by molar-refractivity contribution is 5.90. The lowest BCUT2D eigenvalue weighted by Crippen LogP contribution is -1.93. The van der Waals surface area contributed by atoms with E-state index in [0.29, 0.717) is 12.4 Å². The van der Waals surface area contributed by atoms with E-state index in [2.05, 4.69) is 19.1 Å². The van der Waals surface area contributed by atoms with Crippen LogP contribution in [-0.4, -0.2) is 6.61 Å². The molecule has 0 unspecified atom stereocenters. The monoisotopic (exact) mass is 406 g/mol. The molecule has 0 amide bonds. The molecule has 0 N–H and O–H groups in total. The molecule has 0 atom stereocenters. The second kappa shape index (κ2) is 10.7. The van der Waals surface area contributed by atoms with Crippen LogP contribution in [0.25, 0.3) is 22.4 Å². The maximum atomic E-state index is 14.8. The molecule has 1 nitrogen and oxygen atoms in total. The lowest BCUT2D eigenvalue weighted by atomic mass is 10.00. The van der Waals surface area contributed by atoms with Crippen LogP contribution in [0.2, 0.25) is 0 Å². The van der Waals surface area contributed by atoms with E-state index in [1.54, 1.807) is 24.3 Å². The van der Waals surface area contributed by atoms with Crippen LogP contribution < -0.4 is 4.74 Å². The number of hydrogen-bond acceptors (Lipinski definition) is 1. The van der Waals surface area contributed by atoms with Gasteiger partial charge in [0.1, 0.15) is 12.4 Å². The van der Waals surface area contributed by atoms with Crippen LogP contribution in [0.1, 0.15) is 49.8 Å². The zero-order valence-electron chi connectivity index (χ0n) is 17.6. The molecule has 0 fully saturated rings. The summed E-state index contributed by atoms with van der Waals surface area (Å²) >= 11 is 0. The third kappa shape index (κ3) is 5.56. The Morgan fingerprint density at radius 3 is 2.23 bits per heavy atom. The predicted molar refractivity (Wildman–Crippen MR) is 123 cm³/mol. The Labute approximate surface area is 177 Å². The molecule has 3 aromatic carbocycles. The Kier molecular flexibility index (Phi) is 7.78. The molecule has 0 saturated heterocycles. The van der Waals surface area contributed by atoms with E-state index in [1.807, 2.05) is 31.2 Å². The predicted octanol–water partition coefficient (Wildman–Crippen LogP) is 8.29. The summed E-state index contributed by atoms with van der Waals surface area (Å²) in [6.07, 6.45) is 8.39. The summed E-state index contributed by atoms with van der Waals surface area (Å²) in [6.45, 7) is 4.55. The van der Waals surface area contributed by atoms with Crippen LogP contribution in [0.4, 0.5) is 8.78 Å². The van der Waals surface area contributed by atoms with Crippen molar-refractivity contribution in [3.63, 3.8) is 0 Å². The zero-order chi connectivity index (χ0) is 21.3. The molecule has 3 heteroatoms. The highest BCUT2D eigenvalue weighted by Gasteiger charge is 2.12. The number of allylic oxidation sites excluding steroid dienone is 1. The van der Waals surface area contributed by atoms with Crippen LogP contribution >= 0.6 is 0 Å². The van der Waals surface area contributed by atoms with Crippen molar-refractivity contribution < 1.29 is 13.5 Å². The number of halogens is 2. The van der Waals surface area contributed by atoms with Crippen molar-refractivity contribution in [1.82, 2.24) is 0 Å². The lowest BCUT2D eigenvalue weighted by Gasteiger charge is -2.07. The van der Waals surface area contributed by atoms with Gasteiger partial charge in [-0.2, -0.15) is 0 Å². The second-order valence-electron chi connectivity index (χ2n) is 7.39. The van der Waals surface area contributed by atoms with E-state index < -0.39 is 11.7 Å². The maximum Gasteiger partial charge on any atom is 0.166 e. The first-order valence-corrected chi connectivity index (χ1v) is 10.5. The molecule has 0 spiro atoms. The van der Waals surface area contributed by atoms with Gasteiger partial charge in [-0.1, -0.05) is 62.2 Å². The highest BCUT2D eigenvalue weighted by atomic mass is 19.2. The van der Waals surface area contributed by atoms with Crippen molar-refractivity contribution in [3.05, 3.63) is 89.5 Å². The summed E-state index contributed by atoms with van der Waals surface area (Å²) in [5, 5.41) is 1.95. The third-order valence-electron chi connectivity index (χ3n) is 5.11. The first-order valence-electron chi connectivity index (χ1n) is 10.5. The summed E-state index contributed by atoms with van der Waals surface area (Å²) in [5.74, 6) is -1.11. The van der Waals surface area contributed by atoms with E-state index in [0.717, 1.165) is 17.2 Å². The van der Waals surface area contributed by atoms with Gasteiger partial charge in [-0.3, -0.25) is 0 Å². The van der Waals surface area contributed by atoms with Gasteiger partial charge in [-0.25, -0.2) is 8.78 Å². The van der Waals surface area contributed by atoms with Gasteiger partial charge in [0.15, 0.2) is 11.7 Å². The topological polar surface area (TPSA) is 9.23 Å². The Bertz CT molecular complexity index is 1030. The Balaban J connectivity index is 1.79. The molecular weight excluding hydrogens is 378 g/mol. The van der Waals surface area contributed by atoms with Gasteiger partial charge in [-0.15, -0.1) is 0 Å². The van der Waals surface area contributed by atoms with Gasteiger partial charge in [0.25, 0.3) is 0 Å². The van der Waals surface area contributed by atoms with Crippen molar-refractivity contribution in [1.29, 1.82) is 0 Å². The minimum absolute atomic E-state index is 0.192. The molecule has 0 aromatic heterocycles. The van der Waals surface area contributed by atoms with Crippen LogP contribution in [0.3, 0.4) is 0 Å². The number of ether oxygens (including phenoxy) is 1. The largest absolute Gasteiger partial charge is 0.490 e. The Hall–Kier alpha value is -2.94. The summed E-state index contributed by atoms with van der Waals surface area (Å²) < 4.78 is 35.1. The first kappa shape index (κ1) is 21.8. The number of unbranched alkanes of at least 4 members (excludes halogenated alkanes) is 2. The fraction of sp³-hybridized carbons (Fsp3) is 0.259. The summed E-state index contributed by atoms with van der Waals surface area (Å²) in [4.78, 5) is 0. The minimum Gasteiger partial charge on any atom is -0.490 e. The number of fused-ring (bicyclic) bond motifs is 1. The van der Waals surface area contributed by atoms with E-state index in [1.165, 1.54) is 37.0 Å². The molecule has 0 heterocycles. The first-order chi connectivity index (χ1) is 14.6. The smallest absolute Gasteiger partial charge is 0.166 e. The van der Waals surface area contributed by atoms with Crippen LogP contribution in [0.15, 0.2) is 72.8 Å². The Morgan fingerprint density at radius 2 is 1.50 bits per heavy atom. The van der Waals surface area contributed by atoms with Crippen molar-refractivity contribution in [2.24, 2.45) is 0 Å². The van der Waals surface area contributed by atoms with E-state index in [4.69, 9.17) is 4.74 Å². The highest BCUT2D eigenvalue weighted by Crippen LogP contribution is 2.31. The number of hydrogen-bond donors (Lipinski definition) is 0. The fourth-order valence-corrected chi connectivity index (χ4v) is 3.36. The molecule has 0 saturated carbocycles. The molecule has 0 bridgehead atoms. The summed E-state index contributed by atoms with van der Waals surface area (Å²) in [6, 6.07) is 17.8. The minimum atomic E-state index is -0.870. The van der Waals surface area contributed by atoms with Gasteiger partial charge in [-0.05, 0) is 66.4 Å². The van der Waals surface area contributed by atoms with Gasteiger partial charge in [0.2, 0.25) is 0 Å². The molecule has 0 aliphatic carbocycles. The van der Waals surface area contributed by atoms with Crippen LogP contribution in [0, 0.1) is 0 Å². The summed E-state index contributed by atoms with van der Waals surface area (Å²) in [7, 11) is 0. The van der Waals surface area contributed by atoms with Crippen molar-refractivity contribution >= 4 is 22.4 Å². The third-order valence-corrected chi connectivity index (χ3v) is 5.11. The molecule has 30 heavy (non-hydrogen) atoms. The molecule has 3 rings (SSSR count). The van der Waals surface area contributed by atoms with Gasteiger partial charge in [0, 0.05) is 11.1 Å². The standard InChI is InChI=1S/C27H28F2O/c1-3-5-7-8-20-9-10-23-19-24(12-11-22(23)18-20)27(29)26(28)21-13-15-25(16-14-21)30-17-6-4-2/h4,6,9-16,18-19H,3,5,7-8,17H2,1-2H3. The SMILES string of the molecule is CC=CCOc1ccc(C(F)=C(F)c2ccc3cc(CCCCC)ccc3c2)cc1. The van der Waals surface area contributed by atoms with E-state index in [-0.39, 0.29) is 11.1 Å². The van der Waals surface area contributed by atoms with Crippen molar-refractivity contribution in [2.45, 2.75) is 39.5 Å². The van der Waals surface area contributed by atoms with Gasteiger partial charge in [0.05, 0.1) is 0 Å². The average Bonchev–Trinajstić information content (AvgIpc) is 2.78. The van der Waals surface area contributed by atoms with E-state index >= 15 is 0 Å². The van der Waals surface area contributed by atoms with Crippen LogP contribution in [0.5, 0.6) is 5.75 Å². The van der Waals surface area contributed by atoms with Crippen LogP contribution in [-0.2, 0) is 6.42 Å². The van der Waals surface area contributed by atoms with Gasteiger partial charge < -0.3 is 4.74 Å². The van der Waals surface area contributed by atoms with Gasteiger partial charge >= 0.3 is 0 Å². The maximum absolute atomic E-state index is 14.8. The second-order valence-corrected chi connectivity index (χ2v) is 7.39. The number of rotatable bonds is 9. The molecule has 156 valence electrons. The lowest BCUT2D eigenvalue weighted by molar-refractivity contribution is 0.362. The molecule has 0 aliphatic heterocycles. The molecule has 0 radical (unpaired) electrons. The molecule has 0 aliphatic rings. The molecule has 3 aromatic rings. The Morgan fingerprint density at radius 1 is 0.833 bits per heavy atom. The summed E-state index contributed by atoms with van der Waals surface area (Å²) in [5.41, 5.74) is 1.71. The zero-order valence-corrected chi connectivity index (χ0v) is 17.6.